The SMILES string of the molecule is COCCOC(=O)N1C2CCC1CC(N1CCC3(CCc4ccccc43)CC1)C2.CS(=O)(=O)N[C@H]1CC2(CCN(C[C@H]3C[C@H]4C=CC3C4)CC2)c2ccccc21.O=C(OC1CCC1)N1C2CCC1CC(N1CCC3(CCc4ccccc43)CC1)C2.[HH].[HH]. The number of carbonyl (C=O) groups excluding carboxylic acids is 2. The lowest BCUT2D eigenvalue weighted by Crippen LogP contribution is -2.55. The first-order chi connectivity index (χ1) is 41.3. The molecule has 6 aliphatic carbocycles. The van der Waals surface area contributed by atoms with E-state index in [9.17, 15) is 18.0 Å². The Hall–Kier alpha value is -4.31. The van der Waals surface area contributed by atoms with Crippen molar-refractivity contribution in [1.29, 1.82) is 0 Å². The van der Waals surface area contributed by atoms with Crippen molar-refractivity contribution < 1.29 is 35.1 Å². The van der Waals surface area contributed by atoms with Gasteiger partial charge in [-0.2, -0.15) is 0 Å². The van der Waals surface area contributed by atoms with Gasteiger partial charge in [-0.25, -0.2) is 22.7 Å². The van der Waals surface area contributed by atoms with Crippen LogP contribution in [0.3, 0.4) is 0 Å². The molecular weight excluding hydrogens is 1080 g/mol. The van der Waals surface area contributed by atoms with Gasteiger partial charge >= 0.3 is 12.2 Å². The van der Waals surface area contributed by atoms with Gasteiger partial charge in [0, 0.05) is 58.8 Å². The number of amides is 2. The number of sulfonamides is 1. The zero-order valence-electron chi connectivity index (χ0n) is 51.3. The molecule has 14 heteroatoms. The van der Waals surface area contributed by atoms with Gasteiger partial charge < -0.3 is 38.7 Å². The molecule has 0 aromatic heterocycles. The Morgan fingerprint density at radius 2 is 1.09 bits per heavy atom. The fraction of sp³-hybridized carbons (Fsp3) is 0.690. The fourth-order valence-corrected chi connectivity index (χ4v) is 20.7. The van der Waals surface area contributed by atoms with E-state index >= 15 is 0 Å². The molecule has 3 spiro atoms. The van der Waals surface area contributed by atoms with Crippen molar-refractivity contribution in [2.45, 2.75) is 219 Å². The van der Waals surface area contributed by atoms with Gasteiger partial charge in [0.25, 0.3) is 0 Å². The van der Waals surface area contributed by atoms with Gasteiger partial charge in [0.15, 0.2) is 0 Å². The number of rotatable bonds is 10. The molecule has 6 bridgehead atoms. The van der Waals surface area contributed by atoms with Crippen LogP contribution in [0.15, 0.2) is 84.9 Å². The number of likely N-dealkylation sites (tertiary alicyclic amines) is 3. The highest BCUT2D eigenvalue weighted by Gasteiger charge is 2.51. The summed E-state index contributed by atoms with van der Waals surface area (Å²) in [4.78, 5) is 37.6. The molecule has 1 N–H and O–H groups in total. The quantitative estimate of drug-likeness (QED) is 0.155. The molecule has 7 saturated heterocycles. The van der Waals surface area contributed by atoms with E-state index < -0.39 is 10.0 Å². The molecular formula is C71H102N6O7S. The lowest BCUT2D eigenvalue weighted by molar-refractivity contribution is -0.00613. The zero-order valence-corrected chi connectivity index (χ0v) is 52.1. The number of hydrogen-bond donors (Lipinski definition) is 1. The van der Waals surface area contributed by atoms with Gasteiger partial charge in [0.05, 0.1) is 12.9 Å². The lowest BCUT2D eigenvalue weighted by Gasteiger charge is -2.47. The topological polar surface area (TPSA) is 124 Å². The van der Waals surface area contributed by atoms with Crippen LogP contribution < -0.4 is 4.72 Å². The normalized spacial score (nSPS) is 32.8. The maximum Gasteiger partial charge on any atom is 0.410 e. The van der Waals surface area contributed by atoms with Crippen LogP contribution in [0.5, 0.6) is 0 Å². The molecule has 85 heavy (non-hydrogen) atoms. The first-order valence-corrected chi connectivity index (χ1v) is 35.8. The number of aryl methyl sites for hydroxylation is 2. The maximum atomic E-state index is 12.7. The molecule has 7 aliphatic heterocycles. The molecule has 5 unspecified atom stereocenters. The molecule has 16 rings (SSSR count). The minimum absolute atomic E-state index is 0. The molecule has 13 nitrogen and oxygen atoms in total. The Morgan fingerprint density at radius 1 is 0.576 bits per heavy atom. The summed E-state index contributed by atoms with van der Waals surface area (Å²) < 4.78 is 42.8. The van der Waals surface area contributed by atoms with Crippen molar-refractivity contribution in [2.24, 2.45) is 17.8 Å². The Kier molecular flexibility index (Phi) is 16.6. The maximum absolute atomic E-state index is 12.7. The van der Waals surface area contributed by atoms with Gasteiger partial charge in [0.2, 0.25) is 10.0 Å². The van der Waals surface area contributed by atoms with Crippen LogP contribution in [0.4, 0.5) is 9.59 Å². The summed E-state index contributed by atoms with van der Waals surface area (Å²) in [5, 5.41) is 0. The van der Waals surface area contributed by atoms with Gasteiger partial charge in [-0.3, -0.25) is 0 Å². The largest absolute Gasteiger partial charge is 0.447 e. The smallest absolute Gasteiger partial charge is 0.410 e. The predicted octanol–water partition coefficient (Wildman–Crippen LogP) is 12.1. The highest BCUT2D eigenvalue weighted by molar-refractivity contribution is 7.88. The average molecular weight is 1180 g/mol. The van der Waals surface area contributed by atoms with E-state index in [0.29, 0.717) is 60.3 Å². The second kappa shape index (κ2) is 24.2. The van der Waals surface area contributed by atoms with Crippen LogP contribution in [-0.2, 0) is 53.3 Å². The molecule has 9 fully saturated rings. The van der Waals surface area contributed by atoms with Crippen LogP contribution >= 0.6 is 0 Å². The van der Waals surface area contributed by atoms with Gasteiger partial charge in [-0.1, -0.05) is 84.9 Å². The van der Waals surface area contributed by atoms with Crippen molar-refractivity contribution >= 4 is 22.2 Å². The summed E-state index contributed by atoms with van der Waals surface area (Å²) in [7, 11) is -1.57. The summed E-state index contributed by atoms with van der Waals surface area (Å²) in [6.07, 6.45) is 35.0. The van der Waals surface area contributed by atoms with E-state index in [1.807, 2.05) is 11.0 Å². The molecule has 0 radical (unpaired) electrons. The summed E-state index contributed by atoms with van der Waals surface area (Å²) in [5.74, 6) is 2.52. The summed E-state index contributed by atoms with van der Waals surface area (Å²) in [5.41, 5.74) is 10.0. The minimum Gasteiger partial charge on any atom is -0.447 e. The van der Waals surface area contributed by atoms with Gasteiger partial charge in [-0.15, -0.1) is 0 Å². The van der Waals surface area contributed by atoms with E-state index in [1.54, 1.807) is 29.4 Å². The van der Waals surface area contributed by atoms with E-state index in [0.717, 1.165) is 101 Å². The van der Waals surface area contributed by atoms with Crippen molar-refractivity contribution in [3.05, 3.63) is 118 Å². The third-order valence-electron chi connectivity index (χ3n) is 24.7. The number of methoxy groups -OCH3 is 1. The number of hydrogen-bond acceptors (Lipinski definition) is 10. The molecule has 2 saturated carbocycles. The van der Waals surface area contributed by atoms with E-state index in [2.05, 4.69) is 103 Å². The van der Waals surface area contributed by atoms with Crippen LogP contribution in [0.1, 0.15) is 184 Å². The molecule has 2 amide bonds. The standard InChI is InChI=1S/C25H34N2O2.C24H34N2O3.C22H30N2O2S.2H2/c28-24(29-22-5-3-6-22)27-19-8-9-20(27)17-21(16-19)26-14-12-25(13-15-26)11-10-18-4-1-2-7-23(18)25;1-28-14-15-29-23(27)26-19-6-7-20(26)17-21(16-19)25-12-10-24(11-13-25)9-8-18-4-2-3-5-22(18)24;1-27(25,26)23-21-14-22(20-5-3-2-4-19(20)21)8-10-24(11-9-22)15-18-13-16-6-7-17(18)12-16;;/h1-2,4,7,19-22H,3,5-6,8-17H2;2-5,19-21H,6-17H2,1H3;2-7,16-18,21,23H,8-15H2,1H3;2*1H/t;;16-,17?,18+,21-;;/m..0../s1. The Morgan fingerprint density at radius 3 is 1.59 bits per heavy atom. The summed E-state index contributed by atoms with van der Waals surface area (Å²) in [6.45, 7) is 9.20. The number of nitrogens with one attached hydrogen (secondary N) is 1. The van der Waals surface area contributed by atoms with E-state index in [4.69, 9.17) is 14.2 Å². The molecule has 3 aromatic carbocycles. The predicted molar refractivity (Wildman–Crippen MR) is 337 cm³/mol. The number of fused-ring (bicyclic) bond motifs is 12. The summed E-state index contributed by atoms with van der Waals surface area (Å²) in [6, 6.07) is 29.5. The lowest BCUT2D eigenvalue weighted by atomic mass is 9.73. The first-order valence-electron chi connectivity index (χ1n) is 33.9. The fourth-order valence-electron chi connectivity index (χ4n) is 20.0. The minimum atomic E-state index is -3.20. The number of carbonyl (C=O) groups is 2. The van der Waals surface area contributed by atoms with Crippen LogP contribution in [0.25, 0.3) is 0 Å². The van der Waals surface area contributed by atoms with E-state index in [-0.39, 0.29) is 32.6 Å². The van der Waals surface area contributed by atoms with Gasteiger partial charge in [0.1, 0.15) is 12.7 Å². The number of allylic oxidation sites excluding steroid dienone is 2. The Labute approximate surface area is 511 Å². The average Bonchev–Trinajstić information content (AvgIpc) is 4.43. The first kappa shape index (κ1) is 58.4. The number of piperidine rings is 5. The number of nitrogens with zero attached hydrogens (tertiary/aromatic N) is 5. The monoisotopic (exact) mass is 1180 g/mol. The molecule has 13 aliphatic rings. The third-order valence-corrected chi connectivity index (χ3v) is 25.4. The highest BCUT2D eigenvalue weighted by Crippen LogP contribution is 2.53. The van der Waals surface area contributed by atoms with E-state index in [1.165, 1.54) is 134 Å². The highest BCUT2D eigenvalue weighted by atomic mass is 32.2. The van der Waals surface area contributed by atoms with Crippen LogP contribution in [-0.4, -0.2) is 160 Å². The van der Waals surface area contributed by atoms with Crippen molar-refractivity contribution in [3.8, 4) is 0 Å². The summed E-state index contributed by atoms with van der Waals surface area (Å²) >= 11 is 0. The molecule has 3 aromatic rings. The third kappa shape index (κ3) is 11.7. The van der Waals surface area contributed by atoms with Crippen LogP contribution in [0.2, 0.25) is 0 Å². The van der Waals surface area contributed by atoms with Crippen molar-refractivity contribution in [2.75, 3.05) is 72.4 Å². The molecule has 7 heterocycles. The van der Waals surface area contributed by atoms with Crippen molar-refractivity contribution in [3.63, 3.8) is 0 Å². The Bertz CT molecular complexity index is 3000. The second-order valence-electron chi connectivity index (χ2n) is 29.2. The van der Waals surface area contributed by atoms with Crippen LogP contribution in [0, 0.1) is 17.8 Å². The molecule has 8 atom stereocenters. The number of benzene rings is 3. The van der Waals surface area contributed by atoms with Crippen molar-refractivity contribution in [1.82, 2.24) is 29.2 Å². The van der Waals surface area contributed by atoms with Gasteiger partial charge in [-0.05, 0) is 261 Å². The number of ether oxygens (including phenoxy) is 3. The zero-order chi connectivity index (χ0) is 57.9. The second-order valence-corrected chi connectivity index (χ2v) is 31.0. The molecule has 464 valence electrons. The Balaban J connectivity index is 0.000000126.